The van der Waals surface area contributed by atoms with Crippen molar-refractivity contribution in [2.45, 2.75) is 13.1 Å². The van der Waals surface area contributed by atoms with E-state index in [0.29, 0.717) is 23.3 Å². The van der Waals surface area contributed by atoms with Gasteiger partial charge in [0.1, 0.15) is 0 Å². The monoisotopic (exact) mass is 357 g/mol. The van der Waals surface area contributed by atoms with Crippen molar-refractivity contribution < 1.29 is 14.0 Å². The van der Waals surface area contributed by atoms with Gasteiger partial charge in [-0.3, -0.25) is 4.90 Å². The van der Waals surface area contributed by atoms with Crippen LogP contribution in [0.2, 0.25) is 5.02 Å². The van der Waals surface area contributed by atoms with Crippen LogP contribution >= 0.6 is 11.6 Å². The van der Waals surface area contributed by atoms with Crippen LogP contribution in [0.15, 0.2) is 47.0 Å². The first-order chi connectivity index (χ1) is 12.2. The summed E-state index contributed by atoms with van der Waals surface area (Å²) in [4.78, 5) is 6.53. The average molecular weight is 358 g/mol. The van der Waals surface area contributed by atoms with Crippen molar-refractivity contribution in [3.05, 3.63) is 58.9 Å². The maximum absolute atomic E-state index is 6.00. The fraction of sp³-hybridized carbons (Fsp3) is 0.222. The smallest absolute Gasteiger partial charge is 0.241 e. The third-order valence-electron chi connectivity index (χ3n) is 3.85. The summed E-state index contributed by atoms with van der Waals surface area (Å²) < 4.78 is 16.1. The van der Waals surface area contributed by atoms with Crippen molar-refractivity contribution in [2.24, 2.45) is 0 Å². The first-order valence-corrected chi connectivity index (χ1v) is 8.21. The molecule has 2 aromatic carbocycles. The minimum Gasteiger partial charge on any atom is -0.454 e. The molecule has 4 rings (SSSR count). The van der Waals surface area contributed by atoms with Crippen LogP contribution in [0, 0.1) is 0 Å². The van der Waals surface area contributed by atoms with Gasteiger partial charge in [0, 0.05) is 17.1 Å². The molecule has 0 N–H and O–H groups in total. The summed E-state index contributed by atoms with van der Waals surface area (Å²) in [7, 11) is 1.99. The summed E-state index contributed by atoms with van der Waals surface area (Å²) in [5.74, 6) is 2.66. The van der Waals surface area contributed by atoms with Gasteiger partial charge in [-0.25, -0.2) is 0 Å². The Hall–Kier alpha value is -2.57. The van der Waals surface area contributed by atoms with Gasteiger partial charge >= 0.3 is 0 Å². The van der Waals surface area contributed by atoms with Crippen molar-refractivity contribution in [3.63, 3.8) is 0 Å². The lowest BCUT2D eigenvalue weighted by Gasteiger charge is -2.14. The van der Waals surface area contributed by atoms with Gasteiger partial charge in [-0.15, -0.1) is 0 Å². The fourth-order valence-corrected chi connectivity index (χ4v) is 2.89. The van der Waals surface area contributed by atoms with Crippen molar-refractivity contribution in [3.8, 4) is 22.9 Å². The Bertz CT molecular complexity index is 897. The number of fused-ring (bicyclic) bond motifs is 1. The highest BCUT2D eigenvalue weighted by Gasteiger charge is 2.15. The number of benzene rings is 2. The van der Waals surface area contributed by atoms with Crippen molar-refractivity contribution in [2.75, 3.05) is 13.8 Å². The van der Waals surface area contributed by atoms with Crippen LogP contribution in [0.5, 0.6) is 11.5 Å². The summed E-state index contributed by atoms with van der Waals surface area (Å²) >= 11 is 6.00. The zero-order chi connectivity index (χ0) is 17.2. The zero-order valence-electron chi connectivity index (χ0n) is 13.6. The normalized spacial score (nSPS) is 12.8. The van der Waals surface area contributed by atoms with Gasteiger partial charge in [0.05, 0.1) is 6.54 Å². The molecule has 0 aliphatic carbocycles. The lowest BCUT2D eigenvalue weighted by Crippen LogP contribution is -2.17. The number of ether oxygens (including phenoxy) is 2. The van der Waals surface area contributed by atoms with Gasteiger partial charge in [0.2, 0.25) is 18.5 Å². The molecule has 0 radical (unpaired) electrons. The summed E-state index contributed by atoms with van der Waals surface area (Å²) in [6, 6.07) is 13.3. The molecule has 2 heterocycles. The topological polar surface area (TPSA) is 60.6 Å². The van der Waals surface area contributed by atoms with E-state index in [9.17, 15) is 0 Å². The molecule has 7 heteroatoms. The molecule has 0 amide bonds. The van der Waals surface area contributed by atoms with Gasteiger partial charge in [-0.2, -0.15) is 4.98 Å². The van der Waals surface area contributed by atoms with Crippen LogP contribution in [0.3, 0.4) is 0 Å². The molecule has 0 bridgehead atoms. The second-order valence-electron chi connectivity index (χ2n) is 5.88. The number of hydrogen-bond donors (Lipinski definition) is 0. The quantitative estimate of drug-likeness (QED) is 0.693. The highest BCUT2D eigenvalue weighted by Crippen LogP contribution is 2.32. The maximum Gasteiger partial charge on any atom is 0.241 e. The molecule has 0 saturated carbocycles. The van der Waals surface area contributed by atoms with Gasteiger partial charge in [-0.1, -0.05) is 35.0 Å². The molecular weight excluding hydrogens is 342 g/mol. The number of aromatic nitrogens is 2. The Kier molecular flexibility index (Phi) is 4.29. The molecule has 3 aromatic rings. The van der Waals surface area contributed by atoms with E-state index in [4.69, 9.17) is 25.6 Å². The summed E-state index contributed by atoms with van der Waals surface area (Å²) in [6.45, 7) is 1.55. The molecule has 1 aliphatic heterocycles. The van der Waals surface area contributed by atoms with Crippen LogP contribution in [0.25, 0.3) is 11.4 Å². The van der Waals surface area contributed by atoms with Crippen LogP contribution in [0.4, 0.5) is 0 Å². The Morgan fingerprint density at radius 1 is 1.08 bits per heavy atom. The Morgan fingerprint density at radius 3 is 2.84 bits per heavy atom. The SMILES string of the molecule is CN(Cc1ccc2c(c1)OCO2)Cc1nc(-c2cccc(Cl)c2)no1. The van der Waals surface area contributed by atoms with E-state index in [1.54, 1.807) is 0 Å². The average Bonchev–Trinajstić information content (AvgIpc) is 3.23. The summed E-state index contributed by atoms with van der Waals surface area (Å²) in [5.41, 5.74) is 1.96. The van der Waals surface area contributed by atoms with Crippen LogP contribution < -0.4 is 9.47 Å². The first-order valence-electron chi connectivity index (χ1n) is 7.83. The Balaban J connectivity index is 1.42. The molecule has 25 heavy (non-hydrogen) atoms. The number of halogens is 1. The summed E-state index contributed by atoms with van der Waals surface area (Å²) in [6.07, 6.45) is 0. The fourth-order valence-electron chi connectivity index (χ4n) is 2.70. The van der Waals surface area contributed by atoms with Gasteiger partial charge in [0.15, 0.2) is 11.5 Å². The second-order valence-corrected chi connectivity index (χ2v) is 6.32. The van der Waals surface area contributed by atoms with Gasteiger partial charge in [0.25, 0.3) is 0 Å². The molecular formula is C18H16ClN3O3. The molecule has 0 atom stereocenters. The molecule has 0 saturated heterocycles. The Labute approximate surface area is 149 Å². The zero-order valence-corrected chi connectivity index (χ0v) is 14.4. The van der Waals surface area contributed by atoms with Crippen molar-refractivity contribution in [1.29, 1.82) is 0 Å². The molecule has 1 aliphatic rings. The second kappa shape index (κ2) is 6.74. The number of rotatable bonds is 5. The summed E-state index contributed by atoms with van der Waals surface area (Å²) in [5, 5.41) is 4.67. The molecule has 6 nitrogen and oxygen atoms in total. The Morgan fingerprint density at radius 2 is 1.96 bits per heavy atom. The number of hydrogen-bond acceptors (Lipinski definition) is 6. The highest BCUT2D eigenvalue weighted by atomic mass is 35.5. The predicted molar refractivity (Wildman–Crippen MR) is 92.5 cm³/mol. The van der Waals surface area contributed by atoms with Crippen LogP contribution in [-0.2, 0) is 13.1 Å². The standard InChI is InChI=1S/C18H16ClN3O3/c1-22(9-12-5-6-15-16(7-12)24-11-23-15)10-17-20-18(21-25-17)13-3-2-4-14(19)8-13/h2-8H,9-11H2,1H3. The van der Waals surface area contributed by atoms with Crippen LogP contribution in [0.1, 0.15) is 11.5 Å². The molecule has 0 spiro atoms. The molecule has 128 valence electrons. The van der Waals surface area contributed by atoms with E-state index in [1.165, 1.54) is 0 Å². The van der Waals surface area contributed by atoms with Crippen molar-refractivity contribution >= 4 is 11.6 Å². The lowest BCUT2D eigenvalue weighted by molar-refractivity contribution is 0.174. The first kappa shape index (κ1) is 15.9. The van der Waals surface area contributed by atoms with E-state index >= 15 is 0 Å². The largest absolute Gasteiger partial charge is 0.454 e. The molecule has 0 fully saturated rings. The van der Waals surface area contributed by atoms with Crippen molar-refractivity contribution in [1.82, 2.24) is 15.0 Å². The van der Waals surface area contributed by atoms with E-state index in [0.717, 1.165) is 29.2 Å². The lowest BCUT2D eigenvalue weighted by atomic mass is 10.2. The minimum absolute atomic E-state index is 0.281. The maximum atomic E-state index is 6.00. The van der Waals surface area contributed by atoms with Gasteiger partial charge in [-0.05, 0) is 36.9 Å². The van der Waals surface area contributed by atoms with E-state index in [1.807, 2.05) is 49.5 Å². The van der Waals surface area contributed by atoms with Gasteiger partial charge < -0.3 is 14.0 Å². The third-order valence-corrected chi connectivity index (χ3v) is 4.08. The highest BCUT2D eigenvalue weighted by molar-refractivity contribution is 6.30. The van der Waals surface area contributed by atoms with Crippen LogP contribution in [-0.4, -0.2) is 28.9 Å². The minimum atomic E-state index is 0.281. The third kappa shape index (κ3) is 3.60. The molecule has 1 aromatic heterocycles. The van der Waals surface area contributed by atoms with E-state index in [-0.39, 0.29) is 6.79 Å². The number of nitrogens with zero attached hydrogens (tertiary/aromatic N) is 3. The van der Waals surface area contributed by atoms with E-state index in [2.05, 4.69) is 15.0 Å². The molecule has 0 unspecified atom stereocenters. The van der Waals surface area contributed by atoms with E-state index < -0.39 is 0 Å². The predicted octanol–water partition coefficient (Wildman–Crippen LogP) is 3.75.